The Kier molecular flexibility index (Phi) is 3.82. The minimum atomic E-state index is -4.76. The standard InChI is InChI=1S/C16H17F3N4O2/c17-16(18,19)25-11-1-2-12-13(9-11)20-21-14(12)15(24)23-8-7-22-5-3-10(23)4-6-22/h1-2,9-10H,3-8H2,(H,20,21). The van der Waals surface area contributed by atoms with Gasteiger partial charge in [-0.1, -0.05) is 0 Å². The van der Waals surface area contributed by atoms with Crippen LogP contribution in [0.15, 0.2) is 18.2 Å². The lowest BCUT2D eigenvalue weighted by Gasteiger charge is -2.31. The molecule has 0 unspecified atom stereocenters. The van der Waals surface area contributed by atoms with Crippen LogP contribution in [0, 0.1) is 0 Å². The predicted molar refractivity (Wildman–Crippen MR) is 83.3 cm³/mol. The van der Waals surface area contributed by atoms with Crippen LogP contribution in [0.25, 0.3) is 10.9 Å². The SMILES string of the molecule is O=C(c1n[nH]c2cc(OC(F)(F)F)ccc12)N1CCN2CCC1CC2. The third-order valence-electron chi connectivity index (χ3n) is 4.89. The summed E-state index contributed by atoms with van der Waals surface area (Å²) in [6.45, 7) is 3.48. The molecule has 2 aromatic rings. The minimum absolute atomic E-state index is 0.176. The molecule has 0 atom stereocenters. The Morgan fingerprint density at radius 1 is 1.20 bits per heavy atom. The number of carbonyl (C=O) groups excluding carboxylic acids is 1. The molecule has 25 heavy (non-hydrogen) atoms. The number of aromatic amines is 1. The van der Waals surface area contributed by atoms with Crippen molar-refractivity contribution in [2.75, 3.05) is 26.2 Å². The van der Waals surface area contributed by atoms with Crippen molar-refractivity contribution in [2.45, 2.75) is 25.2 Å². The zero-order valence-corrected chi connectivity index (χ0v) is 13.3. The van der Waals surface area contributed by atoms with Crippen molar-refractivity contribution in [3.05, 3.63) is 23.9 Å². The Morgan fingerprint density at radius 3 is 2.68 bits per heavy atom. The van der Waals surface area contributed by atoms with Crippen molar-refractivity contribution in [3.8, 4) is 5.75 Å². The summed E-state index contributed by atoms with van der Waals surface area (Å²) in [5.74, 6) is -0.520. The highest BCUT2D eigenvalue weighted by Gasteiger charge is 2.34. The molecule has 3 saturated heterocycles. The molecule has 1 aromatic heterocycles. The summed E-state index contributed by atoms with van der Waals surface area (Å²) in [7, 11) is 0. The number of amides is 1. The second kappa shape index (κ2) is 5.91. The van der Waals surface area contributed by atoms with Gasteiger partial charge in [0.05, 0.1) is 5.52 Å². The van der Waals surface area contributed by atoms with E-state index in [1.165, 1.54) is 18.2 Å². The van der Waals surface area contributed by atoms with E-state index in [0.29, 0.717) is 17.4 Å². The van der Waals surface area contributed by atoms with E-state index in [1.54, 1.807) is 0 Å². The number of halogens is 3. The van der Waals surface area contributed by atoms with Gasteiger partial charge in [-0.25, -0.2) is 0 Å². The van der Waals surface area contributed by atoms with Crippen molar-refractivity contribution in [1.29, 1.82) is 0 Å². The number of rotatable bonds is 2. The molecular weight excluding hydrogens is 337 g/mol. The number of fused-ring (bicyclic) bond motifs is 5. The van der Waals surface area contributed by atoms with Crippen LogP contribution in [0.5, 0.6) is 5.75 Å². The van der Waals surface area contributed by atoms with Crippen LogP contribution < -0.4 is 4.74 Å². The largest absolute Gasteiger partial charge is 0.573 e. The summed E-state index contributed by atoms with van der Waals surface area (Å²) >= 11 is 0. The number of aromatic nitrogens is 2. The Hall–Kier alpha value is -2.29. The van der Waals surface area contributed by atoms with Crippen LogP contribution in [0.3, 0.4) is 0 Å². The van der Waals surface area contributed by atoms with E-state index in [2.05, 4.69) is 19.8 Å². The van der Waals surface area contributed by atoms with Gasteiger partial charge in [-0.05, 0) is 25.0 Å². The fraction of sp³-hybridized carbons (Fsp3) is 0.500. The average molecular weight is 354 g/mol. The molecule has 9 heteroatoms. The lowest BCUT2D eigenvalue weighted by molar-refractivity contribution is -0.274. The first-order chi connectivity index (χ1) is 11.9. The number of H-pyrrole nitrogens is 1. The summed E-state index contributed by atoms with van der Waals surface area (Å²) < 4.78 is 40.9. The molecule has 1 amide bonds. The smallest absolute Gasteiger partial charge is 0.406 e. The molecule has 0 saturated carbocycles. The first-order valence-corrected chi connectivity index (χ1v) is 8.18. The molecule has 1 aromatic carbocycles. The molecule has 0 radical (unpaired) electrons. The maximum absolute atomic E-state index is 12.9. The molecule has 3 aliphatic rings. The highest BCUT2D eigenvalue weighted by molar-refractivity contribution is 6.05. The number of alkyl halides is 3. The third kappa shape index (κ3) is 3.15. The highest BCUT2D eigenvalue weighted by Crippen LogP contribution is 2.28. The van der Waals surface area contributed by atoms with Gasteiger partial charge in [-0.3, -0.25) is 9.89 Å². The molecule has 4 heterocycles. The molecular formula is C16H17F3N4O2. The Balaban J connectivity index is 1.61. The molecule has 0 spiro atoms. The third-order valence-corrected chi connectivity index (χ3v) is 4.89. The van der Waals surface area contributed by atoms with Gasteiger partial charge in [-0.2, -0.15) is 5.10 Å². The zero-order valence-electron chi connectivity index (χ0n) is 13.3. The second-order valence-corrected chi connectivity index (χ2v) is 6.40. The molecule has 134 valence electrons. The van der Waals surface area contributed by atoms with Gasteiger partial charge in [0.2, 0.25) is 0 Å². The maximum Gasteiger partial charge on any atom is 0.573 e. The predicted octanol–water partition coefficient (Wildman–Crippen LogP) is 2.38. The first-order valence-electron chi connectivity index (χ1n) is 8.18. The van der Waals surface area contributed by atoms with Crippen LogP contribution in [0.1, 0.15) is 23.3 Å². The fourth-order valence-corrected chi connectivity index (χ4v) is 3.65. The Morgan fingerprint density at radius 2 is 1.96 bits per heavy atom. The lowest BCUT2D eigenvalue weighted by Crippen LogP contribution is -2.41. The van der Waals surface area contributed by atoms with Gasteiger partial charge >= 0.3 is 6.36 Å². The van der Waals surface area contributed by atoms with Crippen molar-refractivity contribution in [3.63, 3.8) is 0 Å². The van der Waals surface area contributed by atoms with Crippen molar-refractivity contribution in [2.24, 2.45) is 0 Å². The minimum Gasteiger partial charge on any atom is -0.406 e. The van der Waals surface area contributed by atoms with Crippen molar-refractivity contribution >= 4 is 16.8 Å². The monoisotopic (exact) mass is 354 g/mol. The van der Waals surface area contributed by atoms with Crippen LogP contribution in [-0.2, 0) is 0 Å². The van der Waals surface area contributed by atoms with Gasteiger partial charge in [0, 0.05) is 43.7 Å². The average Bonchev–Trinajstić information content (AvgIpc) is 2.74. The summed E-state index contributed by atoms with van der Waals surface area (Å²) in [5.41, 5.74) is 0.585. The Bertz CT molecular complexity index is 796. The molecule has 3 fully saturated rings. The van der Waals surface area contributed by atoms with Gasteiger partial charge in [0.1, 0.15) is 5.75 Å². The number of ether oxygens (including phenoxy) is 1. The van der Waals surface area contributed by atoms with Gasteiger partial charge in [-0.15, -0.1) is 13.2 Å². The van der Waals surface area contributed by atoms with E-state index in [1.807, 2.05) is 4.90 Å². The van der Waals surface area contributed by atoms with Crippen LogP contribution >= 0.6 is 0 Å². The van der Waals surface area contributed by atoms with E-state index < -0.39 is 6.36 Å². The number of hydrogen-bond acceptors (Lipinski definition) is 4. The molecule has 2 bridgehead atoms. The van der Waals surface area contributed by atoms with Crippen molar-refractivity contribution < 1.29 is 22.7 Å². The maximum atomic E-state index is 12.9. The second-order valence-electron chi connectivity index (χ2n) is 6.40. The van der Waals surface area contributed by atoms with Crippen LogP contribution in [-0.4, -0.2) is 64.5 Å². The quantitative estimate of drug-likeness (QED) is 0.900. The topological polar surface area (TPSA) is 61.5 Å². The number of nitrogens with one attached hydrogen (secondary N) is 1. The van der Waals surface area contributed by atoms with E-state index in [-0.39, 0.29) is 23.4 Å². The summed E-state index contributed by atoms with van der Waals surface area (Å²) in [6, 6.07) is 4.03. The van der Waals surface area contributed by atoms with Crippen LogP contribution in [0.4, 0.5) is 13.2 Å². The number of hydrogen-bond donors (Lipinski definition) is 1. The lowest BCUT2D eigenvalue weighted by atomic mass is 10.0. The molecule has 0 aliphatic carbocycles. The summed E-state index contributed by atoms with van der Waals surface area (Å²) in [5, 5.41) is 7.19. The van der Waals surface area contributed by atoms with Gasteiger partial charge in [0.25, 0.3) is 5.91 Å². The molecule has 6 nitrogen and oxygen atoms in total. The zero-order chi connectivity index (χ0) is 17.6. The van der Waals surface area contributed by atoms with Gasteiger partial charge < -0.3 is 14.5 Å². The number of benzene rings is 1. The number of carbonyl (C=O) groups is 1. The Labute approximate surface area is 141 Å². The summed E-state index contributed by atoms with van der Waals surface area (Å²) in [6.07, 6.45) is -2.87. The van der Waals surface area contributed by atoms with E-state index in [9.17, 15) is 18.0 Å². The van der Waals surface area contributed by atoms with Crippen molar-refractivity contribution in [1.82, 2.24) is 20.0 Å². The molecule has 3 aliphatic heterocycles. The van der Waals surface area contributed by atoms with Crippen LogP contribution in [0.2, 0.25) is 0 Å². The number of piperidine rings is 1. The van der Waals surface area contributed by atoms with E-state index in [4.69, 9.17) is 0 Å². The normalized spacial score (nSPS) is 23.7. The van der Waals surface area contributed by atoms with E-state index >= 15 is 0 Å². The molecule has 5 rings (SSSR count). The van der Waals surface area contributed by atoms with Gasteiger partial charge in [0.15, 0.2) is 5.69 Å². The number of nitrogens with zero attached hydrogens (tertiary/aromatic N) is 3. The summed E-state index contributed by atoms with van der Waals surface area (Å²) in [4.78, 5) is 17.1. The first kappa shape index (κ1) is 16.2. The molecule has 1 N–H and O–H groups in total. The highest BCUT2D eigenvalue weighted by atomic mass is 19.4. The fourth-order valence-electron chi connectivity index (χ4n) is 3.65. The van der Waals surface area contributed by atoms with E-state index in [0.717, 1.165) is 32.5 Å².